The fraction of sp³-hybridized carbons (Fsp3) is 0.308. The molecule has 1 atom stereocenters. The molecule has 0 saturated heterocycles. The van der Waals surface area contributed by atoms with Crippen LogP contribution in [0.15, 0.2) is 42.5 Å². The normalized spacial score (nSPS) is 13.5. The van der Waals surface area contributed by atoms with Crippen LogP contribution in [0.25, 0.3) is 11.1 Å². The van der Waals surface area contributed by atoms with E-state index in [4.69, 9.17) is 0 Å². The zero-order valence-electron chi connectivity index (χ0n) is 20.3. The molecule has 1 aliphatic heterocycles. The Morgan fingerprint density at radius 1 is 1.23 bits per heavy atom. The van der Waals surface area contributed by atoms with Crippen LogP contribution in [-0.4, -0.2) is 56.1 Å². The van der Waals surface area contributed by atoms with E-state index in [-0.39, 0.29) is 18.2 Å². The summed E-state index contributed by atoms with van der Waals surface area (Å²) in [6.07, 6.45) is 0.360. The fourth-order valence-electron chi connectivity index (χ4n) is 4.79. The van der Waals surface area contributed by atoms with Crippen LogP contribution in [-0.2, 0) is 18.4 Å². The average Bonchev–Trinajstić information content (AvgIpc) is 3.28. The van der Waals surface area contributed by atoms with Crippen molar-refractivity contribution in [2.24, 2.45) is 7.05 Å². The Morgan fingerprint density at radius 2 is 1.94 bits per heavy atom. The number of fused-ring (bicyclic) bond motifs is 1. The number of aryl methyl sites for hydroxylation is 2. The molecule has 3 aromatic rings. The summed E-state index contributed by atoms with van der Waals surface area (Å²) < 4.78 is 1.85. The number of phenolic OH excluding ortho intramolecular Hbond substituents is 1. The van der Waals surface area contributed by atoms with Crippen LogP contribution in [0.1, 0.15) is 45.8 Å². The molecule has 1 aromatic heterocycles. The quantitative estimate of drug-likeness (QED) is 0.510. The van der Waals surface area contributed by atoms with Crippen molar-refractivity contribution in [1.82, 2.24) is 24.9 Å². The van der Waals surface area contributed by atoms with Gasteiger partial charge in [-0.3, -0.25) is 19.6 Å². The van der Waals surface area contributed by atoms with Crippen molar-refractivity contribution < 1.29 is 19.5 Å². The van der Waals surface area contributed by atoms with Gasteiger partial charge in [0.25, 0.3) is 5.91 Å². The fourth-order valence-corrected chi connectivity index (χ4v) is 4.79. The predicted molar refractivity (Wildman–Crippen MR) is 131 cm³/mol. The number of carbonyl (C=O) groups excluding carboxylic acids is 3. The molecule has 0 fully saturated rings. The second-order valence-corrected chi connectivity index (χ2v) is 8.69. The van der Waals surface area contributed by atoms with Gasteiger partial charge in [-0.15, -0.1) is 0 Å². The number of benzene rings is 2. The van der Waals surface area contributed by atoms with Gasteiger partial charge in [0, 0.05) is 43.5 Å². The van der Waals surface area contributed by atoms with Gasteiger partial charge in [-0.2, -0.15) is 5.10 Å². The van der Waals surface area contributed by atoms with E-state index < -0.39 is 12.1 Å². The number of amides is 4. The largest absolute Gasteiger partial charge is 0.508 e. The van der Waals surface area contributed by atoms with Gasteiger partial charge < -0.3 is 14.9 Å². The number of aromatic hydroxyl groups is 1. The van der Waals surface area contributed by atoms with E-state index >= 15 is 0 Å². The topological polar surface area (TPSA) is 108 Å². The van der Waals surface area contributed by atoms with Crippen LogP contribution >= 0.6 is 0 Å². The van der Waals surface area contributed by atoms with Gasteiger partial charge in [0.15, 0.2) is 0 Å². The van der Waals surface area contributed by atoms with Crippen molar-refractivity contribution in [3.63, 3.8) is 0 Å². The molecule has 0 bridgehead atoms. The lowest BCUT2D eigenvalue weighted by molar-refractivity contribution is -0.108. The summed E-state index contributed by atoms with van der Waals surface area (Å²) in [5, 5.41) is 16.5. The first-order valence-corrected chi connectivity index (χ1v) is 11.5. The summed E-state index contributed by atoms with van der Waals surface area (Å²) >= 11 is 0. The van der Waals surface area contributed by atoms with E-state index in [2.05, 4.69) is 10.4 Å². The first kappa shape index (κ1) is 24.0. The maximum absolute atomic E-state index is 13.1. The van der Waals surface area contributed by atoms with Gasteiger partial charge >= 0.3 is 6.03 Å². The molecule has 2 aromatic carbocycles. The number of nitrogens with zero attached hydrogens (tertiary/aromatic N) is 4. The van der Waals surface area contributed by atoms with Gasteiger partial charge in [-0.1, -0.05) is 30.3 Å². The summed E-state index contributed by atoms with van der Waals surface area (Å²) in [5.74, 6) is -0.168. The predicted octanol–water partition coefficient (Wildman–Crippen LogP) is 3.29. The smallest absolute Gasteiger partial charge is 0.324 e. The van der Waals surface area contributed by atoms with Gasteiger partial charge in [0.1, 0.15) is 5.75 Å². The number of hydrogen-bond acceptors (Lipinski definition) is 5. The molecule has 9 heteroatoms. The van der Waals surface area contributed by atoms with E-state index in [1.54, 1.807) is 17.0 Å². The number of rotatable bonds is 7. The second-order valence-electron chi connectivity index (χ2n) is 8.69. The van der Waals surface area contributed by atoms with E-state index in [9.17, 15) is 19.5 Å². The summed E-state index contributed by atoms with van der Waals surface area (Å²) in [6, 6.07) is 11.6. The van der Waals surface area contributed by atoms with Crippen LogP contribution < -0.4 is 5.32 Å². The Morgan fingerprint density at radius 3 is 2.54 bits per heavy atom. The molecular weight excluding hydrogens is 446 g/mol. The standard InChI is InChI=1S/C26H29N5O4/c1-5-31(26(35)27-15-32)23(14-30-13-20-10-11-21(33)12-22(20)25(30)34)18-6-8-19(9-7-18)24-16(2)28-29(4)17(24)3/h6-12,15,23,33H,5,13-14H2,1-4H3,(H,27,32,35)/t23-/m0/s1. The number of imide groups is 1. The summed E-state index contributed by atoms with van der Waals surface area (Å²) in [5.41, 5.74) is 6.17. The molecule has 0 unspecified atom stereocenters. The molecule has 2 heterocycles. The summed E-state index contributed by atoms with van der Waals surface area (Å²) in [4.78, 5) is 40.0. The Kier molecular flexibility index (Phi) is 6.59. The maximum atomic E-state index is 13.1. The second kappa shape index (κ2) is 9.61. The lowest BCUT2D eigenvalue weighted by Crippen LogP contribution is -2.45. The monoisotopic (exact) mass is 475 g/mol. The van der Waals surface area contributed by atoms with Crippen molar-refractivity contribution in [3.05, 3.63) is 70.5 Å². The minimum Gasteiger partial charge on any atom is -0.508 e. The molecule has 9 nitrogen and oxygen atoms in total. The minimum absolute atomic E-state index is 0.0348. The highest BCUT2D eigenvalue weighted by Crippen LogP contribution is 2.32. The van der Waals surface area contributed by atoms with Crippen LogP contribution in [0.2, 0.25) is 0 Å². The highest BCUT2D eigenvalue weighted by molar-refractivity contribution is 5.98. The van der Waals surface area contributed by atoms with E-state index in [1.165, 1.54) is 11.0 Å². The molecule has 35 heavy (non-hydrogen) atoms. The van der Waals surface area contributed by atoms with Crippen molar-refractivity contribution >= 4 is 18.3 Å². The van der Waals surface area contributed by atoms with E-state index in [1.807, 2.05) is 56.8 Å². The Balaban J connectivity index is 1.68. The lowest BCUT2D eigenvalue weighted by Gasteiger charge is -2.33. The summed E-state index contributed by atoms with van der Waals surface area (Å²) in [6.45, 7) is 6.76. The molecular formula is C26H29N5O4. The van der Waals surface area contributed by atoms with Crippen LogP contribution in [0.4, 0.5) is 4.79 Å². The molecule has 182 valence electrons. The van der Waals surface area contributed by atoms with E-state index in [0.29, 0.717) is 25.1 Å². The third-order valence-corrected chi connectivity index (χ3v) is 6.62. The number of aromatic nitrogens is 2. The molecule has 1 aliphatic rings. The number of nitrogens with one attached hydrogen (secondary N) is 1. The maximum Gasteiger partial charge on any atom is 0.324 e. The van der Waals surface area contributed by atoms with Crippen LogP contribution in [0.5, 0.6) is 5.75 Å². The molecule has 0 aliphatic carbocycles. The molecule has 2 N–H and O–H groups in total. The van der Waals surface area contributed by atoms with Gasteiger partial charge in [0.2, 0.25) is 6.41 Å². The summed E-state index contributed by atoms with van der Waals surface area (Å²) in [7, 11) is 1.91. The van der Waals surface area contributed by atoms with E-state index in [0.717, 1.165) is 33.6 Å². The Hall–Kier alpha value is -4.14. The average molecular weight is 476 g/mol. The third-order valence-electron chi connectivity index (χ3n) is 6.62. The zero-order valence-corrected chi connectivity index (χ0v) is 20.3. The third kappa shape index (κ3) is 4.49. The number of likely N-dealkylation sites (N-methyl/N-ethyl adjacent to an activating group) is 1. The first-order valence-electron chi connectivity index (χ1n) is 11.5. The van der Waals surface area contributed by atoms with Gasteiger partial charge in [0.05, 0.1) is 11.7 Å². The van der Waals surface area contributed by atoms with Crippen LogP contribution in [0, 0.1) is 13.8 Å². The lowest BCUT2D eigenvalue weighted by atomic mass is 9.98. The Bertz CT molecular complexity index is 1280. The highest BCUT2D eigenvalue weighted by atomic mass is 16.3. The van der Waals surface area contributed by atoms with Gasteiger partial charge in [-0.05, 0) is 49.6 Å². The molecule has 4 rings (SSSR count). The number of urea groups is 1. The number of carbonyl (C=O) groups is 3. The SMILES string of the molecule is CCN(C(=O)NC=O)[C@@H](CN1Cc2ccc(O)cc2C1=O)c1ccc(-c2c(C)nn(C)c2C)cc1. The zero-order chi connectivity index (χ0) is 25.3. The Labute approximate surface area is 204 Å². The van der Waals surface area contributed by atoms with Crippen molar-refractivity contribution in [3.8, 4) is 16.9 Å². The molecule has 4 amide bonds. The van der Waals surface area contributed by atoms with Gasteiger partial charge in [-0.25, -0.2) is 4.79 Å². The molecule has 0 saturated carbocycles. The van der Waals surface area contributed by atoms with Crippen molar-refractivity contribution in [2.45, 2.75) is 33.4 Å². The van der Waals surface area contributed by atoms with Crippen molar-refractivity contribution in [1.29, 1.82) is 0 Å². The highest BCUT2D eigenvalue weighted by Gasteiger charge is 2.33. The number of hydrogen-bond donors (Lipinski definition) is 2. The number of phenols is 1. The molecule has 0 radical (unpaired) electrons. The minimum atomic E-state index is -0.530. The van der Waals surface area contributed by atoms with Crippen molar-refractivity contribution in [2.75, 3.05) is 13.1 Å². The van der Waals surface area contributed by atoms with Crippen LogP contribution in [0.3, 0.4) is 0 Å². The first-order chi connectivity index (χ1) is 16.7. The molecule has 0 spiro atoms.